The van der Waals surface area contributed by atoms with Crippen molar-refractivity contribution < 1.29 is 24.1 Å². The van der Waals surface area contributed by atoms with E-state index in [0.29, 0.717) is 0 Å². The normalized spacial score (nSPS) is 13.1. The summed E-state index contributed by atoms with van der Waals surface area (Å²) in [6.07, 6.45) is -3.23. The van der Waals surface area contributed by atoms with E-state index in [1.165, 1.54) is 6.07 Å². The molecule has 0 unspecified atom stereocenters. The van der Waals surface area contributed by atoms with Gasteiger partial charge in [-0.05, 0) is 12.1 Å². The summed E-state index contributed by atoms with van der Waals surface area (Å²) in [5.74, 6) is -1.94. The molecule has 1 aromatic carbocycles. The third-order valence-electron chi connectivity index (χ3n) is 1.99. The highest BCUT2D eigenvalue weighted by Crippen LogP contribution is 2.40. The highest BCUT2D eigenvalue weighted by atomic mass is 19.3. The third-order valence-corrected chi connectivity index (χ3v) is 1.99. The van der Waals surface area contributed by atoms with Crippen LogP contribution in [0.1, 0.15) is 18.0 Å². The number of halogens is 2. The fraction of sp³-hybridized carbons (Fsp3) is 0.333. The van der Waals surface area contributed by atoms with Gasteiger partial charge in [0.15, 0.2) is 11.5 Å². The largest absolute Gasteiger partial charge is 0.504 e. The van der Waals surface area contributed by atoms with Crippen LogP contribution in [0.25, 0.3) is 0 Å². The predicted molar refractivity (Wildman–Crippen MR) is 49.0 cm³/mol. The van der Waals surface area contributed by atoms with Gasteiger partial charge in [-0.25, -0.2) is 8.78 Å². The summed E-state index contributed by atoms with van der Waals surface area (Å²) in [6.45, 7) is 0. The van der Waals surface area contributed by atoms with Gasteiger partial charge in [-0.1, -0.05) is 0 Å². The summed E-state index contributed by atoms with van der Waals surface area (Å²) in [4.78, 5) is 0. The van der Waals surface area contributed by atoms with Gasteiger partial charge >= 0.3 is 0 Å². The molecule has 0 fully saturated rings. The highest BCUT2D eigenvalue weighted by Gasteiger charge is 2.19. The number of aromatic hydroxyl groups is 3. The third kappa shape index (κ3) is 2.47. The molecule has 0 amide bonds. The number of phenols is 3. The van der Waals surface area contributed by atoms with Gasteiger partial charge in [-0.3, -0.25) is 0 Å². The van der Waals surface area contributed by atoms with Crippen molar-refractivity contribution >= 4 is 0 Å². The smallest absolute Gasteiger partial charge is 0.240 e. The van der Waals surface area contributed by atoms with Crippen LogP contribution in [0.3, 0.4) is 0 Å². The van der Waals surface area contributed by atoms with E-state index in [0.717, 1.165) is 6.07 Å². The molecule has 1 rings (SSSR count). The van der Waals surface area contributed by atoms with Gasteiger partial charge < -0.3 is 21.1 Å². The van der Waals surface area contributed by atoms with Crippen LogP contribution in [0.5, 0.6) is 17.2 Å². The molecule has 0 bridgehead atoms. The van der Waals surface area contributed by atoms with Crippen LogP contribution in [0.15, 0.2) is 12.1 Å². The van der Waals surface area contributed by atoms with Crippen LogP contribution in [0, 0.1) is 0 Å². The SMILES string of the molecule is N[C@H](CC(F)F)c1ccc(O)c(O)c1O. The average Bonchev–Trinajstić information content (AvgIpc) is 2.13. The molecule has 0 radical (unpaired) electrons. The zero-order valence-corrected chi connectivity index (χ0v) is 7.69. The van der Waals surface area contributed by atoms with Crippen molar-refractivity contribution in [2.75, 3.05) is 0 Å². The second kappa shape index (κ2) is 4.31. The van der Waals surface area contributed by atoms with Crippen molar-refractivity contribution in [3.05, 3.63) is 17.7 Å². The summed E-state index contributed by atoms with van der Waals surface area (Å²) >= 11 is 0. The first-order valence-corrected chi connectivity index (χ1v) is 4.21. The maximum atomic E-state index is 12.0. The summed E-state index contributed by atoms with van der Waals surface area (Å²) in [7, 11) is 0. The molecule has 0 aromatic heterocycles. The highest BCUT2D eigenvalue weighted by molar-refractivity contribution is 5.54. The lowest BCUT2D eigenvalue weighted by Crippen LogP contribution is -2.14. The molecule has 0 spiro atoms. The Labute approximate surface area is 84.6 Å². The molecule has 0 heterocycles. The quantitative estimate of drug-likeness (QED) is 0.579. The van der Waals surface area contributed by atoms with Crippen molar-refractivity contribution in [3.63, 3.8) is 0 Å². The number of nitrogens with two attached hydrogens (primary N) is 1. The van der Waals surface area contributed by atoms with Gasteiger partial charge in [0, 0.05) is 18.0 Å². The fourth-order valence-corrected chi connectivity index (χ4v) is 1.20. The van der Waals surface area contributed by atoms with Crippen LogP contribution in [0.2, 0.25) is 0 Å². The first-order chi connectivity index (χ1) is 6.93. The van der Waals surface area contributed by atoms with Crippen LogP contribution in [0.4, 0.5) is 8.78 Å². The minimum absolute atomic E-state index is 0.0226. The van der Waals surface area contributed by atoms with Gasteiger partial charge in [-0.2, -0.15) is 0 Å². The first kappa shape index (κ1) is 11.5. The maximum Gasteiger partial charge on any atom is 0.240 e. The second-order valence-electron chi connectivity index (χ2n) is 3.10. The summed E-state index contributed by atoms with van der Waals surface area (Å²) in [6, 6.07) is 1.18. The van der Waals surface area contributed by atoms with Gasteiger partial charge in [0.25, 0.3) is 0 Å². The van der Waals surface area contributed by atoms with E-state index in [1.807, 2.05) is 0 Å². The maximum absolute atomic E-state index is 12.0. The lowest BCUT2D eigenvalue weighted by Gasteiger charge is -2.14. The predicted octanol–water partition coefficient (Wildman–Crippen LogP) is 1.46. The number of rotatable bonds is 3. The zero-order valence-electron chi connectivity index (χ0n) is 7.69. The Kier molecular flexibility index (Phi) is 3.31. The minimum Gasteiger partial charge on any atom is -0.504 e. The Hall–Kier alpha value is -1.56. The van der Waals surface area contributed by atoms with E-state index in [2.05, 4.69) is 0 Å². The monoisotopic (exact) mass is 219 g/mol. The van der Waals surface area contributed by atoms with Crippen molar-refractivity contribution in [2.24, 2.45) is 5.73 Å². The lowest BCUT2D eigenvalue weighted by atomic mass is 10.0. The summed E-state index contributed by atoms with van der Waals surface area (Å²) in [5, 5.41) is 27.4. The molecule has 0 aliphatic rings. The van der Waals surface area contributed by atoms with Crippen molar-refractivity contribution in [3.8, 4) is 17.2 Å². The number of hydrogen-bond donors (Lipinski definition) is 4. The molecule has 4 nitrogen and oxygen atoms in total. The topological polar surface area (TPSA) is 86.7 Å². The molecule has 1 aromatic rings. The summed E-state index contributed by atoms with van der Waals surface area (Å²) < 4.78 is 24.0. The molecule has 0 saturated carbocycles. The van der Waals surface area contributed by atoms with E-state index < -0.39 is 36.1 Å². The molecular formula is C9H11F2NO3. The van der Waals surface area contributed by atoms with Gasteiger partial charge in [-0.15, -0.1) is 0 Å². The Balaban J connectivity index is 3.00. The first-order valence-electron chi connectivity index (χ1n) is 4.21. The molecular weight excluding hydrogens is 208 g/mol. The van der Waals surface area contributed by atoms with E-state index in [-0.39, 0.29) is 5.56 Å². The van der Waals surface area contributed by atoms with Crippen molar-refractivity contribution in [1.29, 1.82) is 0 Å². The van der Waals surface area contributed by atoms with Gasteiger partial charge in [0.1, 0.15) is 0 Å². The molecule has 5 N–H and O–H groups in total. The van der Waals surface area contributed by atoms with E-state index in [4.69, 9.17) is 15.9 Å². The van der Waals surface area contributed by atoms with Crippen LogP contribution in [-0.4, -0.2) is 21.7 Å². The van der Waals surface area contributed by atoms with Crippen LogP contribution >= 0.6 is 0 Å². The van der Waals surface area contributed by atoms with Gasteiger partial charge in [0.05, 0.1) is 0 Å². The summed E-state index contributed by atoms with van der Waals surface area (Å²) in [5.41, 5.74) is 5.36. The number of hydrogen-bond acceptors (Lipinski definition) is 4. The Morgan fingerprint density at radius 2 is 1.73 bits per heavy atom. The Morgan fingerprint density at radius 3 is 2.27 bits per heavy atom. The standard InChI is InChI=1S/C9H11F2NO3/c10-7(11)3-5(12)4-1-2-6(13)9(15)8(4)14/h1-2,5,7,13-15H,3,12H2/t5-/m1/s1. The fourth-order valence-electron chi connectivity index (χ4n) is 1.20. The molecule has 1 atom stereocenters. The van der Waals surface area contributed by atoms with Crippen molar-refractivity contribution in [1.82, 2.24) is 0 Å². The van der Waals surface area contributed by atoms with Crippen molar-refractivity contribution in [2.45, 2.75) is 18.9 Å². The second-order valence-corrected chi connectivity index (χ2v) is 3.10. The number of alkyl halides is 2. The van der Waals surface area contributed by atoms with Gasteiger partial charge in [0.2, 0.25) is 12.2 Å². The Bertz CT molecular complexity index is 357. The number of benzene rings is 1. The molecule has 0 aliphatic carbocycles. The van der Waals surface area contributed by atoms with Crippen LogP contribution in [-0.2, 0) is 0 Å². The molecule has 15 heavy (non-hydrogen) atoms. The van der Waals surface area contributed by atoms with E-state index in [9.17, 15) is 13.9 Å². The minimum atomic E-state index is -2.60. The molecule has 84 valence electrons. The molecule has 0 aliphatic heterocycles. The van der Waals surface area contributed by atoms with E-state index >= 15 is 0 Å². The average molecular weight is 219 g/mol. The number of phenolic OH excluding ortho intramolecular Hbond substituents is 3. The molecule has 6 heteroatoms. The lowest BCUT2D eigenvalue weighted by molar-refractivity contribution is 0.128. The van der Waals surface area contributed by atoms with Crippen LogP contribution < -0.4 is 5.73 Å². The molecule has 0 saturated heterocycles. The zero-order chi connectivity index (χ0) is 11.6. The Morgan fingerprint density at radius 1 is 1.13 bits per heavy atom. The van der Waals surface area contributed by atoms with E-state index in [1.54, 1.807) is 0 Å².